The highest BCUT2D eigenvalue weighted by Crippen LogP contribution is 2.50. The average molecular weight is 368 g/mol. The number of anilines is 2. The van der Waals surface area contributed by atoms with Gasteiger partial charge in [0.1, 0.15) is 4.91 Å². The fourth-order valence-corrected chi connectivity index (χ4v) is 5.00. The summed E-state index contributed by atoms with van der Waals surface area (Å²) in [6.45, 7) is 0.413. The Balaban J connectivity index is 1.65. The van der Waals surface area contributed by atoms with E-state index in [0.29, 0.717) is 17.1 Å². The molecule has 25 heavy (non-hydrogen) atoms. The van der Waals surface area contributed by atoms with E-state index >= 15 is 0 Å². The molecule has 0 aliphatic carbocycles. The predicted octanol–water partition coefficient (Wildman–Crippen LogP) is 3.69. The quantitative estimate of drug-likeness (QED) is 0.625. The number of carbonyl (C=O) groups excluding carboxylic acids is 1. The van der Waals surface area contributed by atoms with Gasteiger partial charge in [0, 0.05) is 17.6 Å². The fourth-order valence-electron chi connectivity index (χ4n) is 2.82. The van der Waals surface area contributed by atoms with Crippen LogP contribution in [0.4, 0.5) is 11.4 Å². The van der Waals surface area contributed by atoms with E-state index in [9.17, 15) is 4.79 Å². The lowest BCUT2D eigenvalue weighted by atomic mass is 10.2. The maximum atomic E-state index is 12.9. The fraction of sp³-hybridized carbons (Fsp3) is 0.111. The Morgan fingerprint density at radius 2 is 1.88 bits per heavy atom. The molecule has 1 amide bonds. The standard InChI is InChI=1S/C18H16N4OS2/c1-21-13-9-12(19)7-8-14(13)24-17(21)15-16(23)22(18(20)25-15)10-11-5-3-2-4-6-11/h2-9,20H,10,19H2,1H3/b17-15-,20-18?. The Kier molecular flexibility index (Phi) is 3.97. The summed E-state index contributed by atoms with van der Waals surface area (Å²) in [5.74, 6) is -0.117. The number of thioether (sulfide) groups is 2. The van der Waals surface area contributed by atoms with E-state index in [4.69, 9.17) is 11.1 Å². The van der Waals surface area contributed by atoms with Gasteiger partial charge in [-0.3, -0.25) is 15.1 Å². The van der Waals surface area contributed by atoms with Crippen molar-refractivity contribution in [1.29, 1.82) is 5.41 Å². The number of nitrogens with zero attached hydrogens (tertiary/aromatic N) is 2. The molecular weight excluding hydrogens is 352 g/mol. The van der Waals surface area contributed by atoms with Crippen molar-refractivity contribution in [3.8, 4) is 0 Å². The summed E-state index contributed by atoms with van der Waals surface area (Å²) in [6.07, 6.45) is 0. The molecule has 2 aromatic rings. The van der Waals surface area contributed by atoms with Crippen molar-refractivity contribution >= 4 is 46.0 Å². The van der Waals surface area contributed by atoms with Crippen LogP contribution in [0.25, 0.3) is 0 Å². The third kappa shape index (κ3) is 2.79. The van der Waals surface area contributed by atoms with Crippen molar-refractivity contribution in [2.75, 3.05) is 17.7 Å². The van der Waals surface area contributed by atoms with Crippen LogP contribution in [0.2, 0.25) is 0 Å². The minimum Gasteiger partial charge on any atom is -0.399 e. The summed E-state index contributed by atoms with van der Waals surface area (Å²) in [4.78, 5) is 18.1. The highest BCUT2D eigenvalue weighted by molar-refractivity contribution is 8.19. The monoisotopic (exact) mass is 368 g/mol. The maximum absolute atomic E-state index is 12.9. The summed E-state index contributed by atoms with van der Waals surface area (Å²) < 4.78 is 0. The molecule has 0 radical (unpaired) electrons. The van der Waals surface area contributed by atoms with Crippen molar-refractivity contribution in [3.63, 3.8) is 0 Å². The van der Waals surface area contributed by atoms with Gasteiger partial charge in [0.25, 0.3) is 5.91 Å². The molecule has 2 aliphatic heterocycles. The first-order chi connectivity index (χ1) is 12.0. The van der Waals surface area contributed by atoms with E-state index in [2.05, 4.69) is 0 Å². The molecule has 3 N–H and O–H groups in total. The zero-order valence-corrected chi connectivity index (χ0v) is 15.2. The maximum Gasteiger partial charge on any atom is 0.269 e. The summed E-state index contributed by atoms with van der Waals surface area (Å²) >= 11 is 2.77. The first-order valence-corrected chi connectivity index (χ1v) is 9.35. The molecule has 0 bridgehead atoms. The van der Waals surface area contributed by atoms with Gasteiger partial charge in [0.15, 0.2) is 5.17 Å². The lowest BCUT2D eigenvalue weighted by Crippen LogP contribution is -2.28. The molecule has 5 nitrogen and oxygen atoms in total. The normalized spacial score (nSPS) is 19.7. The van der Waals surface area contributed by atoms with E-state index in [1.165, 1.54) is 16.7 Å². The summed E-state index contributed by atoms with van der Waals surface area (Å²) in [7, 11) is 1.93. The molecule has 0 saturated carbocycles. The van der Waals surface area contributed by atoms with E-state index in [-0.39, 0.29) is 11.1 Å². The molecule has 7 heteroatoms. The molecular formula is C18H16N4OS2. The number of nitrogen functional groups attached to an aromatic ring is 1. The van der Waals surface area contributed by atoms with Gasteiger partial charge in [-0.1, -0.05) is 42.1 Å². The largest absolute Gasteiger partial charge is 0.399 e. The number of amidine groups is 1. The SMILES string of the molecule is CN1/C(=C2/SC(=N)N(Cc3ccccc3)C2=O)Sc2ccc(N)cc21. The van der Waals surface area contributed by atoms with Gasteiger partial charge in [0.2, 0.25) is 0 Å². The number of hydrogen-bond donors (Lipinski definition) is 2. The molecule has 0 atom stereocenters. The van der Waals surface area contributed by atoms with Gasteiger partial charge in [0.05, 0.1) is 17.3 Å². The van der Waals surface area contributed by atoms with E-state index in [1.54, 1.807) is 11.8 Å². The van der Waals surface area contributed by atoms with Crippen LogP contribution in [0.5, 0.6) is 0 Å². The van der Waals surface area contributed by atoms with Crippen molar-refractivity contribution < 1.29 is 4.79 Å². The van der Waals surface area contributed by atoms with Gasteiger partial charge in [-0.25, -0.2) is 0 Å². The van der Waals surface area contributed by atoms with E-state index in [0.717, 1.165) is 21.2 Å². The molecule has 126 valence electrons. The van der Waals surface area contributed by atoms with Crippen LogP contribution >= 0.6 is 23.5 Å². The van der Waals surface area contributed by atoms with Crippen LogP contribution in [-0.2, 0) is 11.3 Å². The first-order valence-electron chi connectivity index (χ1n) is 7.72. The summed E-state index contributed by atoms with van der Waals surface area (Å²) in [5.41, 5.74) is 8.58. The molecule has 1 saturated heterocycles. The number of rotatable bonds is 2. The Labute approximate surface area is 154 Å². The second kappa shape index (κ2) is 6.16. The van der Waals surface area contributed by atoms with Gasteiger partial charge >= 0.3 is 0 Å². The highest BCUT2D eigenvalue weighted by atomic mass is 32.2. The smallest absolute Gasteiger partial charge is 0.269 e. The second-order valence-electron chi connectivity index (χ2n) is 5.81. The van der Waals surface area contributed by atoms with Crippen molar-refractivity contribution in [3.05, 3.63) is 64.0 Å². The first kappa shape index (κ1) is 16.1. The van der Waals surface area contributed by atoms with Crippen LogP contribution in [-0.4, -0.2) is 23.0 Å². The molecule has 1 fully saturated rings. The van der Waals surface area contributed by atoms with Gasteiger partial charge < -0.3 is 10.6 Å². The Bertz CT molecular complexity index is 911. The van der Waals surface area contributed by atoms with Crippen LogP contribution in [0, 0.1) is 5.41 Å². The highest BCUT2D eigenvalue weighted by Gasteiger charge is 2.38. The number of hydrogen-bond acceptors (Lipinski definition) is 6. The number of benzene rings is 2. The third-order valence-electron chi connectivity index (χ3n) is 4.12. The van der Waals surface area contributed by atoms with E-state index < -0.39 is 0 Å². The number of fused-ring (bicyclic) bond motifs is 1. The molecule has 0 unspecified atom stereocenters. The zero-order chi connectivity index (χ0) is 17.6. The Morgan fingerprint density at radius 3 is 2.64 bits per heavy atom. The summed E-state index contributed by atoms with van der Waals surface area (Å²) in [6, 6.07) is 15.5. The zero-order valence-electron chi connectivity index (χ0n) is 13.5. The third-order valence-corrected chi connectivity index (χ3v) is 6.47. The van der Waals surface area contributed by atoms with Crippen molar-refractivity contribution in [1.82, 2.24) is 4.90 Å². The van der Waals surface area contributed by atoms with Crippen molar-refractivity contribution in [2.24, 2.45) is 0 Å². The minimum absolute atomic E-state index is 0.117. The molecule has 2 heterocycles. The Hall–Kier alpha value is -2.38. The van der Waals surface area contributed by atoms with Crippen LogP contribution in [0.3, 0.4) is 0 Å². The van der Waals surface area contributed by atoms with Crippen LogP contribution in [0.1, 0.15) is 5.56 Å². The van der Waals surface area contributed by atoms with E-state index in [1.807, 2.05) is 60.5 Å². The lowest BCUT2D eigenvalue weighted by Gasteiger charge is -2.16. The number of carbonyl (C=O) groups is 1. The topological polar surface area (TPSA) is 73.4 Å². The number of nitrogens with one attached hydrogen (secondary N) is 1. The van der Waals surface area contributed by atoms with Gasteiger partial charge in [-0.05, 0) is 35.5 Å². The number of amides is 1. The molecule has 0 aromatic heterocycles. The lowest BCUT2D eigenvalue weighted by molar-refractivity contribution is -0.122. The van der Waals surface area contributed by atoms with Crippen molar-refractivity contribution in [2.45, 2.75) is 11.4 Å². The van der Waals surface area contributed by atoms with Gasteiger partial charge in [-0.15, -0.1) is 0 Å². The molecule has 2 aromatic carbocycles. The van der Waals surface area contributed by atoms with Gasteiger partial charge in [-0.2, -0.15) is 0 Å². The Morgan fingerprint density at radius 1 is 1.12 bits per heavy atom. The predicted molar refractivity (Wildman–Crippen MR) is 104 cm³/mol. The molecule has 2 aliphatic rings. The molecule has 0 spiro atoms. The summed E-state index contributed by atoms with van der Waals surface area (Å²) in [5, 5.41) is 9.35. The molecule has 4 rings (SSSR count). The number of nitrogens with two attached hydrogens (primary N) is 1. The minimum atomic E-state index is -0.117. The van der Waals surface area contributed by atoms with Crippen LogP contribution in [0.15, 0.2) is 63.4 Å². The van der Waals surface area contributed by atoms with Crippen LogP contribution < -0.4 is 10.6 Å². The second-order valence-corrected chi connectivity index (χ2v) is 7.84. The average Bonchev–Trinajstić information content (AvgIpc) is 3.07.